The Morgan fingerprint density at radius 2 is 1.71 bits per heavy atom. The zero-order chi connectivity index (χ0) is 34.8. The number of rotatable bonds is 10. The normalized spacial score (nSPS) is 11.6. The molecule has 0 fully saturated rings. The Morgan fingerprint density at radius 1 is 0.941 bits per heavy atom. The van der Waals surface area contributed by atoms with E-state index < -0.39 is 10.1 Å². The zero-order valence-electron chi connectivity index (χ0n) is 28.1. The molecule has 51 heavy (non-hydrogen) atoms. The van der Waals surface area contributed by atoms with Crippen molar-refractivity contribution in [2.75, 3.05) is 18.9 Å². The number of nitrogen functional groups attached to an aromatic ring is 1. The summed E-state index contributed by atoms with van der Waals surface area (Å²) < 4.78 is 42.5. The van der Waals surface area contributed by atoms with Crippen molar-refractivity contribution in [2.24, 2.45) is 10.2 Å². The molecule has 0 bridgehead atoms. The number of amides is 1. The van der Waals surface area contributed by atoms with Crippen LogP contribution in [0.25, 0.3) is 42.2 Å². The summed E-state index contributed by atoms with van der Waals surface area (Å²) in [5.74, 6) is 0.327. The molecule has 0 saturated carbocycles. The van der Waals surface area contributed by atoms with E-state index in [9.17, 15) is 17.8 Å². The van der Waals surface area contributed by atoms with Crippen LogP contribution in [0.1, 0.15) is 18.2 Å². The number of ether oxygens (including phenoxy) is 1. The van der Waals surface area contributed by atoms with Gasteiger partial charge in [-0.05, 0) is 55.0 Å². The van der Waals surface area contributed by atoms with Crippen LogP contribution in [0.15, 0.2) is 119 Å². The maximum Gasteiger partial charge on any atom is 1.00 e. The fraction of sp³-hybridized carbons (Fsp3) is 0.0833. The first-order valence-corrected chi connectivity index (χ1v) is 17.9. The molecule has 11 nitrogen and oxygen atoms in total. The number of nitrogens with one attached hydrogen (secondary N) is 1. The molecular weight excluding hydrogens is 719 g/mol. The van der Waals surface area contributed by atoms with Crippen LogP contribution >= 0.6 is 22.9 Å². The van der Waals surface area contributed by atoms with Crippen LogP contribution in [0.2, 0.25) is 5.15 Å². The largest absolute Gasteiger partial charge is 1.00 e. The first kappa shape index (κ1) is 36.3. The molecule has 0 aliphatic rings. The standard InChI is InChI=1S/C36H27ClN6O5S2.Na.H/c37-35-26(10-5-16-39-35)36(44)40-17-6-18-48-29-15-13-25-22-7-3-4-11-30(22)49-34(25)32(29)27-14-12-21(20-41-27)42-43-28-19-31(50(45,46)47)23-8-1-2-9-24(23)33(28)38;;/h1-5,7-16,19-20H,6,17-18,38H2,(H,40,44)(H,45,46,47);;/q;+1;-1. The number of thiophene rings is 1. The van der Waals surface area contributed by atoms with Gasteiger partial charge in [-0.1, -0.05) is 54.1 Å². The molecule has 3 aromatic heterocycles. The second-order valence-electron chi connectivity index (χ2n) is 11.1. The molecule has 7 rings (SSSR count). The second kappa shape index (κ2) is 15.4. The fourth-order valence-corrected chi connectivity index (χ4v) is 7.76. The molecule has 0 atom stereocenters. The SMILES string of the molecule is Nc1c(N=Nc2ccc(-c3c(OCCCNC(=O)c4cccnc4Cl)ccc4c3sc3ccccc34)nc2)cc(S(=O)(=O)O)c2ccccc12.[H-].[Na+]. The first-order chi connectivity index (χ1) is 24.2. The van der Waals surface area contributed by atoms with Crippen LogP contribution in [-0.4, -0.2) is 42.0 Å². The average molecular weight is 747 g/mol. The van der Waals surface area contributed by atoms with Crippen molar-refractivity contribution < 1.29 is 53.5 Å². The van der Waals surface area contributed by atoms with Gasteiger partial charge < -0.3 is 17.2 Å². The molecule has 0 radical (unpaired) electrons. The van der Waals surface area contributed by atoms with E-state index in [1.807, 2.05) is 30.3 Å². The van der Waals surface area contributed by atoms with Gasteiger partial charge in [-0.3, -0.25) is 14.3 Å². The molecule has 0 spiro atoms. The molecule has 3 heterocycles. The maximum atomic E-state index is 12.5. The number of aromatic nitrogens is 2. The summed E-state index contributed by atoms with van der Waals surface area (Å²) in [5.41, 5.74) is 8.79. The molecule has 0 saturated heterocycles. The number of benzene rings is 4. The Hall–Kier alpha value is -4.47. The number of anilines is 1. The van der Waals surface area contributed by atoms with Crippen molar-refractivity contribution in [3.8, 4) is 17.0 Å². The summed E-state index contributed by atoms with van der Waals surface area (Å²) in [5, 5.41) is 14.4. The molecule has 1 amide bonds. The number of azo groups is 1. The van der Waals surface area contributed by atoms with Gasteiger partial charge in [-0.15, -0.1) is 21.6 Å². The number of halogens is 1. The predicted molar refractivity (Wildman–Crippen MR) is 198 cm³/mol. The van der Waals surface area contributed by atoms with E-state index in [0.717, 1.165) is 25.7 Å². The maximum absolute atomic E-state index is 12.5. The van der Waals surface area contributed by atoms with Crippen LogP contribution in [0.3, 0.4) is 0 Å². The van der Waals surface area contributed by atoms with Crippen molar-refractivity contribution in [3.63, 3.8) is 0 Å². The number of pyridine rings is 2. The molecule has 7 aromatic rings. The summed E-state index contributed by atoms with van der Waals surface area (Å²) in [7, 11) is -4.55. The average Bonchev–Trinajstić information content (AvgIpc) is 3.50. The van der Waals surface area contributed by atoms with Crippen molar-refractivity contribution in [1.82, 2.24) is 15.3 Å². The van der Waals surface area contributed by atoms with Crippen LogP contribution in [0.5, 0.6) is 5.75 Å². The summed E-state index contributed by atoms with van der Waals surface area (Å²) in [6.45, 7) is 0.700. The van der Waals surface area contributed by atoms with E-state index in [4.69, 9.17) is 27.1 Å². The van der Waals surface area contributed by atoms with Gasteiger partial charge in [0.05, 0.1) is 35.3 Å². The van der Waals surface area contributed by atoms with Gasteiger partial charge in [0.1, 0.15) is 27.2 Å². The first-order valence-electron chi connectivity index (χ1n) is 15.3. The van der Waals surface area contributed by atoms with E-state index in [2.05, 4.69) is 32.7 Å². The van der Waals surface area contributed by atoms with Gasteiger partial charge in [0.15, 0.2) is 0 Å². The number of carbonyl (C=O) groups is 1. The number of fused-ring (bicyclic) bond motifs is 4. The third kappa shape index (κ3) is 7.60. The predicted octanol–water partition coefficient (Wildman–Crippen LogP) is 5.88. The Labute approximate surface area is 325 Å². The summed E-state index contributed by atoms with van der Waals surface area (Å²) >= 11 is 7.69. The second-order valence-corrected chi connectivity index (χ2v) is 13.9. The molecule has 4 N–H and O–H groups in total. The van der Waals surface area contributed by atoms with Crippen LogP contribution < -0.4 is 45.3 Å². The molecule has 4 aromatic carbocycles. The zero-order valence-corrected chi connectivity index (χ0v) is 31.5. The van der Waals surface area contributed by atoms with Gasteiger partial charge in [-0.2, -0.15) is 8.42 Å². The summed E-state index contributed by atoms with van der Waals surface area (Å²) in [4.78, 5) is 20.9. The van der Waals surface area contributed by atoms with E-state index in [-0.39, 0.29) is 63.7 Å². The van der Waals surface area contributed by atoms with Crippen molar-refractivity contribution >= 4 is 87.0 Å². The molecular formula is C36H28ClN6NaO5S2. The minimum Gasteiger partial charge on any atom is -1.00 e. The minimum atomic E-state index is -4.55. The summed E-state index contributed by atoms with van der Waals surface area (Å²) in [6.07, 6.45) is 3.61. The van der Waals surface area contributed by atoms with E-state index in [1.54, 1.807) is 60.0 Å². The Balaban J connectivity index is 0.00000261. The van der Waals surface area contributed by atoms with Crippen LogP contribution in [-0.2, 0) is 10.1 Å². The number of nitrogens with zero attached hydrogens (tertiary/aromatic N) is 4. The molecule has 15 heteroatoms. The third-order valence-electron chi connectivity index (χ3n) is 7.96. The van der Waals surface area contributed by atoms with Crippen molar-refractivity contribution in [2.45, 2.75) is 11.3 Å². The Bertz CT molecular complexity index is 2570. The van der Waals surface area contributed by atoms with Gasteiger partial charge in [0.2, 0.25) is 0 Å². The molecule has 0 aliphatic carbocycles. The molecule has 0 unspecified atom stereocenters. The molecule has 252 valence electrons. The van der Waals surface area contributed by atoms with E-state index in [0.29, 0.717) is 47.7 Å². The van der Waals surface area contributed by atoms with Gasteiger partial charge in [0.25, 0.3) is 16.0 Å². The Kier molecular flexibility index (Phi) is 11.0. The van der Waals surface area contributed by atoms with Crippen molar-refractivity contribution in [3.05, 3.63) is 114 Å². The van der Waals surface area contributed by atoms with E-state index >= 15 is 0 Å². The van der Waals surface area contributed by atoms with Gasteiger partial charge in [0, 0.05) is 43.7 Å². The topological polar surface area (TPSA) is 169 Å². The quantitative estimate of drug-likeness (QED) is 0.0390. The Morgan fingerprint density at radius 3 is 2.45 bits per heavy atom. The molecule has 0 aliphatic heterocycles. The third-order valence-corrected chi connectivity index (χ3v) is 10.4. The van der Waals surface area contributed by atoms with Crippen LogP contribution in [0, 0.1) is 0 Å². The fourth-order valence-electron chi connectivity index (χ4n) is 5.59. The minimum absolute atomic E-state index is 0. The number of hydrogen-bond acceptors (Lipinski definition) is 10. The number of hydrogen-bond donors (Lipinski definition) is 3. The van der Waals surface area contributed by atoms with E-state index in [1.165, 1.54) is 12.3 Å². The van der Waals surface area contributed by atoms with Gasteiger partial charge >= 0.3 is 29.6 Å². The van der Waals surface area contributed by atoms with Crippen molar-refractivity contribution in [1.29, 1.82) is 0 Å². The van der Waals surface area contributed by atoms with Crippen LogP contribution in [0.4, 0.5) is 17.1 Å². The number of nitrogens with two attached hydrogens (primary N) is 1. The summed E-state index contributed by atoms with van der Waals surface area (Å²) in [6, 6.07) is 26.7. The smallest absolute Gasteiger partial charge is 1.00 e. The monoisotopic (exact) mass is 746 g/mol. The van der Waals surface area contributed by atoms with Gasteiger partial charge in [-0.25, -0.2) is 4.98 Å². The number of carbonyl (C=O) groups excluding carboxylic acids is 1.